The Morgan fingerprint density at radius 2 is 2.19 bits per heavy atom. The molecule has 7 heteroatoms. The number of nitrogens with zero attached hydrogens (tertiary/aromatic N) is 2. The Morgan fingerprint density at radius 1 is 1.33 bits per heavy atom. The molecule has 0 bridgehead atoms. The summed E-state index contributed by atoms with van der Waals surface area (Å²) < 4.78 is 13.0. The molecule has 140 valence electrons. The molecular weight excluding hydrogens is 364 g/mol. The van der Waals surface area contributed by atoms with E-state index in [1.54, 1.807) is 24.5 Å². The highest BCUT2D eigenvalue weighted by Gasteiger charge is 2.21. The van der Waals surface area contributed by atoms with Crippen LogP contribution in [0.4, 0.5) is 0 Å². The van der Waals surface area contributed by atoms with Gasteiger partial charge in [-0.15, -0.1) is 0 Å². The number of benzene rings is 1. The van der Waals surface area contributed by atoms with Gasteiger partial charge in [-0.2, -0.15) is 4.99 Å². The van der Waals surface area contributed by atoms with Crippen LogP contribution in [0, 0.1) is 6.92 Å². The number of thiazole rings is 1. The van der Waals surface area contributed by atoms with Gasteiger partial charge in [0.15, 0.2) is 10.6 Å². The Balaban J connectivity index is 1.74. The second-order valence-electron chi connectivity index (χ2n) is 6.69. The van der Waals surface area contributed by atoms with E-state index in [1.165, 1.54) is 18.3 Å². The molecule has 0 N–H and O–H groups in total. The number of furan rings is 1. The Kier molecular flexibility index (Phi) is 4.80. The number of amides is 1. The van der Waals surface area contributed by atoms with E-state index in [4.69, 9.17) is 9.15 Å². The summed E-state index contributed by atoms with van der Waals surface area (Å²) >= 11 is 1.26. The predicted octanol–water partition coefficient (Wildman–Crippen LogP) is 3.73. The van der Waals surface area contributed by atoms with Crippen LogP contribution < -0.4 is 4.80 Å². The van der Waals surface area contributed by atoms with Crippen LogP contribution >= 0.6 is 11.3 Å². The van der Waals surface area contributed by atoms with E-state index < -0.39 is 0 Å². The van der Waals surface area contributed by atoms with E-state index in [-0.39, 0.29) is 17.8 Å². The molecular formula is C20H20N2O4S. The van der Waals surface area contributed by atoms with E-state index in [9.17, 15) is 9.59 Å². The molecule has 1 fully saturated rings. The maximum Gasteiger partial charge on any atom is 0.279 e. The molecule has 6 nitrogen and oxygen atoms in total. The fourth-order valence-corrected chi connectivity index (χ4v) is 4.39. The summed E-state index contributed by atoms with van der Waals surface area (Å²) in [4.78, 5) is 30.2. The Hall–Kier alpha value is -2.51. The van der Waals surface area contributed by atoms with Crippen molar-refractivity contribution in [3.05, 3.63) is 51.5 Å². The second kappa shape index (κ2) is 7.25. The third-order valence-corrected chi connectivity index (χ3v) is 6.07. The van der Waals surface area contributed by atoms with Crippen LogP contribution in [0.3, 0.4) is 0 Å². The van der Waals surface area contributed by atoms with Crippen molar-refractivity contribution in [1.82, 2.24) is 4.57 Å². The lowest BCUT2D eigenvalue weighted by molar-refractivity contribution is 0.0943. The van der Waals surface area contributed by atoms with Gasteiger partial charge >= 0.3 is 0 Å². The van der Waals surface area contributed by atoms with Gasteiger partial charge in [0.2, 0.25) is 0 Å². The summed E-state index contributed by atoms with van der Waals surface area (Å²) in [6.45, 7) is 4.78. The molecule has 0 aliphatic carbocycles. The first kappa shape index (κ1) is 17.9. The quantitative estimate of drug-likeness (QED) is 0.643. The number of hydrogen-bond donors (Lipinski definition) is 0. The van der Waals surface area contributed by atoms with Crippen LogP contribution in [0.2, 0.25) is 0 Å². The number of carbonyl (C=O) groups is 2. The van der Waals surface area contributed by atoms with Gasteiger partial charge in [-0.25, -0.2) is 0 Å². The van der Waals surface area contributed by atoms with Crippen LogP contribution in [0.1, 0.15) is 45.5 Å². The molecule has 0 spiro atoms. The highest BCUT2D eigenvalue weighted by molar-refractivity contribution is 7.11. The minimum Gasteiger partial charge on any atom is -0.464 e. The van der Waals surface area contributed by atoms with Crippen molar-refractivity contribution < 1.29 is 18.7 Å². The van der Waals surface area contributed by atoms with Gasteiger partial charge in [-0.1, -0.05) is 11.3 Å². The smallest absolute Gasteiger partial charge is 0.279 e. The standard InChI is InChI=1S/C20H20N2O4S/c1-12-18(13(2)23)27-20(22(12)11-16-4-3-8-25-16)21-19(24)15-5-6-17-14(10-15)7-9-26-17/h5-7,9-10,16H,3-4,8,11H2,1-2H3/t16-/m1/s1. The second-order valence-corrected chi connectivity index (χ2v) is 7.67. The number of Topliss-reactive ketones (excluding diaryl/α,β-unsaturated/α-hetero) is 1. The number of hydrogen-bond acceptors (Lipinski definition) is 5. The normalized spacial score (nSPS) is 17.7. The van der Waals surface area contributed by atoms with Crippen molar-refractivity contribution in [2.24, 2.45) is 4.99 Å². The SMILES string of the molecule is CC(=O)c1sc(=NC(=O)c2ccc3occc3c2)n(C[C@H]2CCCO2)c1C. The first-order valence-corrected chi connectivity index (χ1v) is 9.73. The van der Waals surface area contributed by atoms with Gasteiger partial charge in [0, 0.05) is 30.2 Å². The number of ketones is 1. The minimum absolute atomic E-state index is 0.0210. The van der Waals surface area contributed by atoms with Crippen LogP contribution in [-0.4, -0.2) is 29.0 Å². The van der Waals surface area contributed by atoms with E-state index in [0.717, 1.165) is 36.1 Å². The van der Waals surface area contributed by atoms with Crippen molar-refractivity contribution in [2.75, 3.05) is 6.61 Å². The minimum atomic E-state index is -0.337. The zero-order valence-corrected chi connectivity index (χ0v) is 16.0. The number of ether oxygens (including phenoxy) is 1. The summed E-state index contributed by atoms with van der Waals surface area (Å²) in [6.07, 6.45) is 3.69. The van der Waals surface area contributed by atoms with Crippen molar-refractivity contribution >= 4 is 34.0 Å². The maximum absolute atomic E-state index is 12.7. The summed E-state index contributed by atoms with van der Waals surface area (Å²) in [5.74, 6) is -0.358. The van der Waals surface area contributed by atoms with E-state index in [1.807, 2.05) is 17.6 Å². The van der Waals surface area contributed by atoms with Gasteiger partial charge in [0.25, 0.3) is 5.91 Å². The zero-order chi connectivity index (χ0) is 19.0. The topological polar surface area (TPSA) is 73.8 Å². The molecule has 0 saturated carbocycles. The van der Waals surface area contributed by atoms with Crippen molar-refractivity contribution in [3.8, 4) is 0 Å². The summed E-state index contributed by atoms with van der Waals surface area (Å²) in [5, 5.41) is 0.857. The number of carbonyl (C=O) groups excluding carboxylic acids is 2. The lowest BCUT2D eigenvalue weighted by Gasteiger charge is -2.12. The average molecular weight is 384 g/mol. The van der Waals surface area contributed by atoms with Crippen LogP contribution in [0.5, 0.6) is 0 Å². The Bertz CT molecular complexity index is 1080. The Labute approximate surface area is 160 Å². The molecule has 1 saturated heterocycles. The third-order valence-electron chi connectivity index (χ3n) is 4.78. The van der Waals surface area contributed by atoms with Crippen molar-refractivity contribution in [3.63, 3.8) is 0 Å². The fraction of sp³-hybridized carbons (Fsp3) is 0.350. The average Bonchev–Trinajstić information content (AvgIpc) is 3.37. The molecule has 3 heterocycles. The molecule has 1 aliphatic heterocycles. The molecule has 27 heavy (non-hydrogen) atoms. The summed E-state index contributed by atoms with van der Waals surface area (Å²) in [6, 6.07) is 7.04. The first-order chi connectivity index (χ1) is 13.0. The lowest BCUT2D eigenvalue weighted by Crippen LogP contribution is -2.25. The number of fused-ring (bicyclic) bond motifs is 1. The molecule has 4 rings (SSSR count). The highest BCUT2D eigenvalue weighted by Crippen LogP contribution is 2.20. The van der Waals surface area contributed by atoms with E-state index in [2.05, 4.69) is 4.99 Å². The van der Waals surface area contributed by atoms with E-state index >= 15 is 0 Å². The molecule has 1 amide bonds. The van der Waals surface area contributed by atoms with Crippen LogP contribution in [0.25, 0.3) is 11.0 Å². The van der Waals surface area contributed by atoms with Gasteiger partial charge in [-0.05, 0) is 44.0 Å². The van der Waals surface area contributed by atoms with Gasteiger partial charge in [-0.3, -0.25) is 9.59 Å². The molecule has 1 atom stereocenters. The monoisotopic (exact) mass is 384 g/mol. The van der Waals surface area contributed by atoms with Crippen molar-refractivity contribution in [1.29, 1.82) is 0 Å². The highest BCUT2D eigenvalue weighted by atomic mass is 32.1. The largest absolute Gasteiger partial charge is 0.464 e. The number of rotatable bonds is 4. The summed E-state index contributed by atoms with van der Waals surface area (Å²) in [5.41, 5.74) is 2.05. The Morgan fingerprint density at radius 3 is 2.93 bits per heavy atom. The summed E-state index contributed by atoms with van der Waals surface area (Å²) in [7, 11) is 0. The third kappa shape index (κ3) is 3.52. The fourth-order valence-electron chi connectivity index (χ4n) is 3.35. The number of aromatic nitrogens is 1. The molecule has 1 aliphatic rings. The molecule has 3 aromatic rings. The van der Waals surface area contributed by atoms with E-state index in [0.29, 0.717) is 21.8 Å². The van der Waals surface area contributed by atoms with Crippen LogP contribution in [-0.2, 0) is 11.3 Å². The first-order valence-electron chi connectivity index (χ1n) is 8.92. The molecule has 0 unspecified atom stereocenters. The van der Waals surface area contributed by atoms with Crippen LogP contribution in [0.15, 0.2) is 39.9 Å². The van der Waals surface area contributed by atoms with Gasteiger partial charge in [0.05, 0.1) is 23.8 Å². The molecule has 1 aromatic carbocycles. The zero-order valence-electron chi connectivity index (χ0n) is 15.2. The predicted molar refractivity (Wildman–Crippen MR) is 102 cm³/mol. The van der Waals surface area contributed by atoms with Crippen molar-refractivity contribution in [2.45, 2.75) is 39.3 Å². The lowest BCUT2D eigenvalue weighted by atomic mass is 10.1. The molecule has 2 aromatic heterocycles. The van der Waals surface area contributed by atoms with Gasteiger partial charge in [0.1, 0.15) is 5.58 Å². The molecule has 0 radical (unpaired) electrons. The van der Waals surface area contributed by atoms with Gasteiger partial charge < -0.3 is 13.7 Å². The maximum atomic E-state index is 12.7.